The van der Waals surface area contributed by atoms with E-state index in [9.17, 15) is 4.79 Å². The van der Waals surface area contributed by atoms with Gasteiger partial charge in [-0.2, -0.15) is 0 Å². The third kappa shape index (κ3) is 3.28. The average molecular weight is 335 g/mol. The standard InChI is InChI=1S/C20H21N3O2/c1-14-7-8-19-21-16(10-20(24)23(19)11-14)12-22(2)13-17-9-15-5-3-4-6-18(15)25-17/h3-8,10-11,17H,9,12-13H2,1-2H3/t17-/m1/s1. The quantitative estimate of drug-likeness (QED) is 0.735. The van der Waals surface area contributed by atoms with E-state index >= 15 is 0 Å². The van der Waals surface area contributed by atoms with Gasteiger partial charge in [-0.1, -0.05) is 24.3 Å². The van der Waals surface area contributed by atoms with Crippen LogP contribution in [0.15, 0.2) is 53.5 Å². The van der Waals surface area contributed by atoms with Gasteiger partial charge in [0.15, 0.2) is 0 Å². The molecule has 2 aromatic heterocycles. The number of aryl methyl sites for hydroxylation is 1. The molecule has 0 spiro atoms. The van der Waals surface area contributed by atoms with Crippen molar-refractivity contribution in [2.45, 2.75) is 26.0 Å². The minimum absolute atomic E-state index is 0.0402. The smallest absolute Gasteiger partial charge is 0.258 e. The molecule has 0 saturated heterocycles. The molecule has 3 heterocycles. The van der Waals surface area contributed by atoms with Crippen LogP contribution in [0.3, 0.4) is 0 Å². The molecule has 4 rings (SSSR count). The van der Waals surface area contributed by atoms with Crippen molar-refractivity contribution in [2.24, 2.45) is 0 Å². The third-order valence-electron chi connectivity index (χ3n) is 4.52. The molecule has 0 fully saturated rings. The lowest BCUT2D eigenvalue weighted by Gasteiger charge is -2.20. The van der Waals surface area contributed by atoms with Crippen molar-refractivity contribution >= 4 is 5.65 Å². The topological polar surface area (TPSA) is 46.8 Å². The van der Waals surface area contributed by atoms with Crippen molar-refractivity contribution in [1.29, 1.82) is 0 Å². The van der Waals surface area contributed by atoms with E-state index in [1.807, 2.05) is 50.5 Å². The van der Waals surface area contributed by atoms with Crippen molar-refractivity contribution in [2.75, 3.05) is 13.6 Å². The van der Waals surface area contributed by atoms with E-state index in [4.69, 9.17) is 4.74 Å². The van der Waals surface area contributed by atoms with Gasteiger partial charge in [0.25, 0.3) is 5.56 Å². The minimum atomic E-state index is -0.0402. The highest BCUT2D eigenvalue weighted by Gasteiger charge is 2.23. The normalized spacial score (nSPS) is 16.2. The first-order chi connectivity index (χ1) is 12.1. The Bertz CT molecular complexity index is 955. The zero-order valence-corrected chi connectivity index (χ0v) is 14.5. The Kier molecular flexibility index (Phi) is 4.01. The molecule has 0 N–H and O–H groups in total. The molecule has 1 aromatic carbocycles. The maximum Gasteiger partial charge on any atom is 0.258 e. The Morgan fingerprint density at radius 2 is 2.12 bits per heavy atom. The molecule has 25 heavy (non-hydrogen) atoms. The summed E-state index contributed by atoms with van der Waals surface area (Å²) in [7, 11) is 2.03. The Morgan fingerprint density at radius 3 is 2.96 bits per heavy atom. The molecular formula is C20H21N3O2. The second-order valence-corrected chi connectivity index (χ2v) is 6.77. The highest BCUT2D eigenvalue weighted by molar-refractivity contribution is 5.40. The monoisotopic (exact) mass is 335 g/mol. The predicted molar refractivity (Wildman–Crippen MR) is 97.1 cm³/mol. The summed E-state index contributed by atoms with van der Waals surface area (Å²) in [5.74, 6) is 0.985. The van der Waals surface area contributed by atoms with E-state index in [1.165, 1.54) is 5.56 Å². The molecule has 1 atom stereocenters. The lowest BCUT2D eigenvalue weighted by Crippen LogP contribution is -2.32. The van der Waals surface area contributed by atoms with E-state index in [-0.39, 0.29) is 11.7 Å². The summed E-state index contributed by atoms with van der Waals surface area (Å²) in [4.78, 5) is 19.1. The number of ether oxygens (including phenoxy) is 1. The number of pyridine rings is 1. The van der Waals surface area contributed by atoms with Gasteiger partial charge in [-0.05, 0) is 37.2 Å². The Labute approximate surface area is 146 Å². The van der Waals surface area contributed by atoms with Gasteiger partial charge >= 0.3 is 0 Å². The van der Waals surface area contributed by atoms with Crippen LogP contribution in [0.1, 0.15) is 16.8 Å². The molecule has 0 saturated carbocycles. The summed E-state index contributed by atoms with van der Waals surface area (Å²) in [6, 6.07) is 13.6. The van der Waals surface area contributed by atoms with Gasteiger partial charge in [0, 0.05) is 31.8 Å². The number of hydrogen-bond donors (Lipinski definition) is 0. The van der Waals surface area contributed by atoms with Gasteiger partial charge in [-0.3, -0.25) is 14.1 Å². The van der Waals surface area contributed by atoms with Crippen LogP contribution in [0.4, 0.5) is 0 Å². The van der Waals surface area contributed by atoms with Crippen LogP contribution in [0.5, 0.6) is 5.75 Å². The molecule has 0 radical (unpaired) electrons. The van der Waals surface area contributed by atoms with Gasteiger partial charge in [0.1, 0.15) is 17.5 Å². The molecule has 1 aliphatic rings. The maximum atomic E-state index is 12.3. The summed E-state index contributed by atoms with van der Waals surface area (Å²) in [6.45, 7) is 3.38. The van der Waals surface area contributed by atoms with Crippen LogP contribution in [0.2, 0.25) is 0 Å². The van der Waals surface area contributed by atoms with Gasteiger partial charge in [-0.25, -0.2) is 4.98 Å². The number of fused-ring (bicyclic) bond motifs is 2. The van der Waals surface area contributed by atoms with E-state index in [0.29, 0.717) is 12.2 Å². The number of rotatable bonds is 4. The zero-order valence-electron chi connectivity index (χ0n) is 14.5. The van der Waals surface area contributed by atoms with Crippen LogP contribution in [0, 0.1) is 6.92 Å². The fourth-order valence-electron chi connectivity index (χ4n) is 3.38. The summed E-state index contributed by atoms with van der Waals surface area (Å²) >= 11 is 0. The molecule has 1 aliphatic heterocycles. The fraction of sp³-hybridized carbons (Fsp3) is 0.300. The summed E-state index contributed by atoms with van der Waals surface area (Å²) in [5, 5.41) is 0. The number of aromatic nitrogens is 2. The van der Waals surface area contributed by atoms with Crippen LogP contribution < -0.4 is 10.3 Å². The minimum Gasteiger partial charge on any atom is -0.488 e. The van der Waals surface area contributed by atoms with Gasteiger partial charge in [0.2, 0.25) is 0 Å². The molecule has 0 unspecified atom stereocenters. The third-order valence-corrected chi connectivity index (χ3v) is 4.52. The summed E-state index contributed by atoms with van der Waals surface area (Å²) in [6.07, 6.45) is 2.89. The fourth-order valence-corrected chi connectivity index (χ4v) is 3.38. The first-order valence-corrected chi connectivity index (χ1v) is 8.50. The highest BCUT2D eigenvalue weighted by Crippen LogP contribution is 2.28. The van der Waals surface area contributed by atoms with E-state index in [2.05, 4.69) is 16.0 Å². The van der Waals surface area contributed by atoms with Crippen LogP contribution in [-0.2, 0) is 13.0 Å². The molecule has 128 valence electrons. The molecule has 0 bridgehead atoms. The molecule has 5 heteroatoms. The number of hydrogen-bond acceptors (Lipinski definition) is 4. The number of nitrogens with zero attached hydrogens (tertiary/aromatic N) is 3. The number of benzene rings is 1. The van der Waals surface area contributed by atoms with Gasteiger partial charge < -0.3 is 4.74 Å². The van der Waals surface area contributed by atoms with Gasteiger partial charge in [-0.15, -0.1) is 0 Å². The predicted octanol–water partition coefficient (Wildman–Crippen LogP) is 2.44. The van der Waals surface area contributed by atoms with Crippen molar-refractivity contribution in [1.82, 2.24) is 14.3 Å². The Balaban J connectivity index is 1.46. The van der Waals surface area contributed by atoms with Crippen molar-refractivity contribution in [3.05, 3.63) is 75.8 Å². The Morgan fingerprint density at radius 1 is 1.28 bits per heavy atom. The Hall–Kier alpha value is -2.66. The first kappa shape index (κ1) is 15.8. The van der Waals surface area contributed by atoms with Crippen LogP contribution in [0.25, 0.3) is 5.65 Å². The zero-order chi connectivity index (χ0) is 17.4. The summed E-state index contributed by atoms with van der Waals surface area (Å²) in [5.41, 5.74) is 3.73. The second kappa shape index (κ2) is 6.33. The SMILES string of the molecule is Cc1ccc2nc(CN(C)C[C@H]3Cc4ccccc4O3)cc(=O)n2c1. The van der Waals surface area contributed by atoms with Crippen LogP contribution >= 0.6 is 0 Å². The largest absolute Gasteiger partial charge is 0.488 e. The van der Waals surface area contributed by atoms with E-state index in [1.54, 1.807) is 10.5 Å². The second-order valence-electron chi connectivity index (χ2n) is 6.77. The number of likely N-dealkylation sites (N-methyl/N-ethyl adjacent to an activating group) is 1. The molecule has 3 aromatic rings. The van der Waals surface area contributed by atoms with E-state index in [0.717, 1.165) is 30.0 Å². The molecular weight excluding hydrogens is 314 g/mol. The molecule has 0 aliphatic carbocycles. The molecule has 5 nitrogen and oxygen atoms in total. The van der Waals surface area contributed by atoms with Crippen molar-refractivity contribution < 1.29 is 4.74 Å². The average Bonchev–Trinajstić information content (AvgIpc) is 2.97. The van der Waals surface area contributed by atoms with E-state index < -0.39 is 0 Å². The highest BCUT2D eigenvalue weighted by atomic mass is 16.5. The maximum absolute atomic E-state index is 12.3. The summed E-state index contributed by atoms with van der Waals surface area (Å²) < 4.78 is 7.59. The lowest BCUT2D eigenvalue weighted by atomic mass is 10.1. The van der Waals surface area contributed by atoms with Crippen LogP contribution in [-0.4, -0.2) is 34.0 Å². The molecule has 0 amide bonds. The lowest BCUT2D eigenvalue weighted by molar-refractivity contribution is 0.164. The van der Waals surface area contributed by atoms with Crippen molar-refractivity contribution in [3.8, 4) is 5.75 Å². The number of para-hydroxylation sites is 1. The first-order valence-electron chi connectivity index (χ1n) is 8.50. The van der Waals surface area contributed by atoms with Crippen molar-refractivity contribution in [3.63, 3.8) is 0 Å². The van der Waals surface area contributed by atoms with Gasteiger partial charge in [0.05, 0.1) is 5.69 Å².